The third-order valence-electron chi connectivity index (χ3n) is 2.01. The van der Waals surface area contributed by atoms with Gasteiger partial charge in [-0.2, -0.15) is 11.8 Å². The summed E-state index contributed by atoms with van der Waals surface area (Å²) in [5.74, 6) is 2.68. The first-order chi connectivity index (χ1) is 7.20. The van der Waals surface area contributed by atoms with Gasteiger partial charge >= 0.3 is 0 Å². The fraction of sp³-hybridized carbons (Fsp3) is 0.556. The molecule has 6 heteroatoms. The summed E-state index contributed by atoms with van der Waals surface area (Å²) in [5.41, 5.74) is 5.69. The van der Waals surface area contributed by atoms with E-state index in [1.165, 1.54) is 6.33 Å². The molecule has 1 heterocycles. The van der Waals surface area contributed by atoms with Crippen molar-refractivity contribution in [3.05, 3.63) is 6.33 Å². The summed E-state index contributed by atoms with van der Waals surface area (Å²) >= 11 is 1.79. The van der Waals surface area contributed by atoms with Crippen LogP contribution in [0, 0.1) is 0 Å². The molecule has 5 nitrogen and oxygen atoms in total. The Balaban J connectivity index is 2.87. The van der Waals surface area contributed by atoms with Crippen molar-refractivity contribution in [1.82, 2.24) is 9.97 Å². The van der Waals surface area contributed by atoms with Gasteiger partial charge in [-0.3, -0.25) is 0 Å². The minimum absolute atomic E-state index is 0.374. The van der Waals surface area contributed by atoms with Gasteiger partial charge in [0, 0.05) is 19.3 Å². The van der Waals surface area contributed by atoms with Crippen LogP contribution in [0.1, 0.15) is 0 Å². The lowest BCUT2D eigenvalue weighted by Gasteiger charge is -2.20. The van der Waals surface area contributed by atoms with Crippen LogP contribution in [0.3, 0.4) is 0 Å². The van der Waals surface area contributed by atoms with Gasteiger partial charge in [-0.05, 0) is 6.26 Å². The highest BCUT2D eigenvalue weighted by Gasteiger charge is 2.12. The highest BCUT2D eigenvalue weighted by Crippen LogP contribution is 2.28. The summed E-state index contributed by atoms with van der Waals surface area (Å²) < 4.78 is 5.18. The molecular formula is C9H16N4OS. The zero-order valence-corrected chi connectivity index (χ0v) is 10.0. The average Bonchev–Trinajstić information content (AvgIpc) is 2.25. The van der Waals surface area contributed by atoms with Gasteiger partial charge in [-0.25, -0.2) is 9.97 Å². The number of nitrogens with zero attached hydrogens (tertiary/aromatic N) is 3. The second-order valence-corrected chi connectivity index (χ2v) is 4.02. The molecule has 1 aromatic heterocycles. The number of nitrogen functional groups attached to an aromatic ring is 1. The zero-order chi connectivity index (χ0) is 11.3. The zero-order valence-electron chi connectivity index (χ0n) is 9.23. The number of methoxy groups -OCH3 is 1. The maximum absolute atomic E-state index is 5.69. The molecule has 1 aromatic rings. The maximum Gasteiger partial charge on any atom is 0.204 e. The van der Waals surface area contributed by atoms with Gasteiger partial charge in [-0.15, -0.1) is 0 Å². The molecular weight excluding hydrogens is 212 g/mol. The summed E-state index contributed by atoms with van der Waals surface area (Å²) in [6.45, 7) is 0.897. The van der Waals surface area contributed by atoms with E-state index in [0.717, 1.165) is 18.1 Å². The Bertz CT molecular complexity index is 321. The lowest BCUT2D eigenvalue weighted by molar-refractivity contribution is 0.413. The molecule has 0 bridgehead atoms. The molecule has 1 rings (SSSR count). The van der Waals surface area contributed by atoms with E-state index in [0.29, 0.717) is 11.6 Å². The number of ether oxygens (including phenoxy) is 1. The lowest BCUT2D eigenvalue weighted by Crippen LogP contribution is -2.22. The standard InChI is InChI=1S/C9H16N4OS/c1-13(4-5-15-3)9-7(14-2)8(10)11-6-12-9/h6H,4-5H2,1-3H3,(H2,10,11,12). The van der Waals surface area contributed by atoms with Crippen LogP contribution < -0.4 is 15.4 Å². The predicted molar refractivity (Wildman–Crippen MR) is 64.6 cm³/mol. The fourth-order valence-corrected chi connectivity index (χ4v) is 1.64. The van der Waals surface area contributed by atoms with Crippen molar-refractivity contribution in [2.24, 2.45) is 0 Å². The Morgan fingerprint density at radius 1 is 1.53 bits per heavy atom. The molecule has 84 valence electrons. The largest absolute Gasteiger partial charge is 0.490 e. The number of thioether (sulfide) groups is 1. The maximum atomic E-state index is 5.69. The highest BCUT2D eigenvalue weighted by molar-refractivity contribution is 7.98. The van der Waals surface area contributed by atoms with Crippen molar-refractivity contribution in [2.75, 3.05) is 43.3 Å². The molecule has 0 spiro atoms. The molecule has 0 aliphatic rings. The molecule has 0 saturated heterocycles. The van der Waals surface area contributed by atoms with E-state index in [-0.39, 0.29) is 0 Å². The Morgan fingerprint density at radius 3 is 2.87 bits per heavy atom. The number of nitrogens with two attached hydrogens (primary N) is 1. The summed E-state index contributed by atoms with van der Waals surface area (Å²) in [6.07, 6.45) is 3.52. The van der Waals surface area contributed by atoms with E-state index < -0.39 is 0 Å². The van der Waals surface area contributed by atoms with Crippen LogP contribution in [-0.2, 0) is 0 Å². The van der Waals surface area contributed by atoms with E-state index in [1.807, 2.05) is 11.9 Å². The topological polar surface area (TPSA) is 64.3 Å². The number of anilines is 2. The number of aromatic nitrogens is 2. The van der Waals surface area contributed by atoms with Gasteiger partial charge in [0.15, 0.2) is 11.6 Å². The van der Waals surface area contributed by atoms with Crippen LogP contribution >= 0.6 is 11.8 Å². The predicted octanol–water partition coefficient (Wildman–Crippen LogP) is 0.867. The van der Waals surface area contributed by atoms with Crippen LogP contribution in [0.5, 0.6) is 5.75 Å². The Labute approximate surface area is 94.0 Å². The van der Waals surface area contributed by atoms with Gasteiger partial charge in [-0.1, -0.05) is 0 Å². The SMILES string of the molecule is COc1c(N)ncnc1N(C)CCSC. The first-order valence-electron chi connectivity index (χ1n) is 4.55. The van der Waals surface area contributed by atoms with E-state index in [9.17, 15) is 0 Å². The van der Waals surface area contributed by atoms with E-state index >= 15 is 0 Å². The molecule has 0 amide bonds. The second kappa shape index (κ2) is 5.65. The quantitative estimate of drug-likeness (QED) is 0.806. The first-order valence-corrected chi connectivity index (χ1v) is 5.94. The summed E-state index contributed by atoms with van der Waals surface area (Å²) in [6, 6.07) is 0. The van der Waals surface area contributed by atoms with Crippen molar-refractivity contribution >= 4 is 23.4 Å². The molecule has 2 N–H and O–H groups in total. The third kappa shape index (κ3) is 2.89. The minimum atomic E-state index is 0.374. The van der Waals surface area contributed by atoms with Crippen molar-refractivity contribution in [3.8, 4) is 5.75 Å². The molecule has 0 aromatic carbocycles. The van der Waals surface area contributed by atoms with Crippen LogP contribution in [-0.4, -0.2) is 42.7 Å². The van der Waals surface area contributed by atoms with Crippen LogP contribution in [0.15, 0.2) is 6.33 Å². The number of hydrogen-bond donors (Lipinski definition) is 1. The molecule has 0 aliphatic carbocycles. The summed E-state index contributed by atoms with van der Waals surface area (Å²) in [7, 11) is 3.53. The molecule has 0 aliphatic heterocycles. The van der Waals surface area contributed by atoms with Crippen molar-refractivity contribution in [1.29, 1.82) is 0 Å². The average molecular weight is 228 g/mol. The van der Waals surface area contributed by atoms with E-state index in [2.05, 4.69) is 16.2 Å². The van der Waals surface area contributed by atoms with Crippen molar-refractivity contribution in [2.45, 2.75) is 0 Å². The Morgan fingerprint density at radius 2 is 2.27 bits per heavy atom. The molecule has 0 unspecified atom stereocenters. The van der Waals surface area contributed by atoms with Gasteiger partial charge < -0.3 is 15.4 Å². The molecule has 0 atom stereocenters. The fourth-order valence-electron chi connectivity index (χ4n) is 1.18. The Hall–Kier alpha value is -1.17. The van der Waals surface area contributed by atoms with Crippen LogP contribution in [0.4, 0.5) is 11.6 Å². The third-order valence-corrected chi connectivity index (χ3v) is 2.60. The van der Waals surface area contributed by atoms with E-state index in [1.54, 1.807) is 18.9 Å². The minimum Gasteiger partial charge on any atom is -0.490 e. The van der Waals surface area contributed by atoms with Crippen molar-refractivity contribution in [3.63, 3.8) is 0 Å². The van der Waals surface area contributed by atoms with Gasteiger partial charge in [0.1, 0.15) is 6.33 Å². The summed E-state index contributed by atoms with van der Waals surface area (Å²) in [5, 5.41) is 0. The van der Waals surface area contributed by atoms with Gasteiger partial charge in [0.25, 0.3) is 0 Å². The van der Waals surface area contributed by atoms with Crippen LogP contribution in [0.2, 0.25) is 0 Å². The smallest absolute Gasteiger partial charge is 0.204 e. The Kier molecular flexibility index (Phi) is 4.48. The van der Waals surface area contributed by atoms with E-state index in [4.69, 9.17) is 10.5 Å². The highest BCUT2D eigenvalue weighted by atomic mass is 32.2. The molecule has 15 heavy (non-hydrogen) atoms. The number of hydrogen-bond acceptors (Lipinski definition) is 6. The van der Waals surface area contributed by atoms with Crippen molar-refractivity contribution < 1.29 is 4.74 Å². The normalized spacial score (nSPS) is 10.1. The number of rotatable bonds is 5. The first kappa shape index (κ1) is 11.9. The summed E-state index contributed by atoms with van der Waals surface area (Å²) in [4.78, 5) is 10.1. The van der Waals surface area contributed by atoms with Gasteiger partial charge in [0.05, 0.1) is 7.11 Å². The van der Waals surface area contributed by atoms with Gasteiger partial charge in [0.2, 0.25) is 5.75 Å². The van der Waals surface area contributed by atoms with Crippen LogP contribution in [0.25, 0.3) is 0 Å². The molecule has 0 saturated carbocycles. The second-order valence-electron chi connectivity index (χ2n) is 3.03. The lowest BCUT2D eigenvalue weighted by atomic mass is 10.4. The monoisotopic (exact) mass is 228 g/mol. The molecule has 0 radical (unpaired) electrons. The molecule has 0 fully saturated rings.